The molecule has 0 spiro atoms. The zero-order valence-corrected chi connectivity index (χ0v) is 15.5. The molecular weight excluding hydrogens is 363 g/mol. The molecule has 0 aliphatic heterocycles. The Kier molecular flexibility index (Phi) is 4.93. The van der Waals surface area contributed by atoms with E-state index in [1.807, 2.05) is 0 Å². The Morgan fingerprint density at radius 1 is 1.00 bits per heavy atom. The van der Waals surface area contributed by atoms with Gasteiger partial charge in [0.05, 0.1) is 26.9 Å². The topological polar surface area (TPSA) is 44.8 Å². The lowest BCUT2D eigenvalue weighted by molar-refractivity contribution is 0.103. The molecule has 0 amide bonds. The summed E-state index contributed by atoms with van der Waals surface area (Å²) in [7, 11) is 4.56. The van der Waals surface area contributed by atoms with Gasteiger partial charge in [-0.1, -0.05) is 29.3 Å². The molecule has 4 nitrogen and oxygen atoms in total. The Morgan fingerprint density at radius 3 is 2.32 bits per heavy atom. The molecule has 1 aliphatic rings. The van der Waals surface area contributed by atoms with Crippen LogP contribution >= 0.6 is 23.2 Å². The predicted molar refractivity (Wildman–Crippen MR) is 98.6 cm³/mol. The Labute approximate surface area is 155 Å². The number of Topliss-reactive ketones (excluding diaryl/α,β-unsaturated/α-hetero) is 1. The SMILES string of the molecule is COc1cc2c(c(OC)c1OC)C(=O)/C(=C/c1ccc(Cl)cc1Cl)C2. The van der Waals surface area contributed by atoms with Crippen molar-refractivity contribution in [2.24, 2.45) is 0 Å². The summed E-state index contributed by atoms with van der Waals surface area (Å²) in [5, 5.41) is 1.04. The van der Waals surface area contributed by atoms with E-state index in [0.29, 0.717) is 44.9 Å². The van der Waals surface area contributed by atoms with E-state index in [9.17, 15) is 4.79 Å². The van der Waals surface area contributed by atoms with Gasteiger partial charge >= 0.3 is 0 Å². The number of hydrogen-bond donors (Lipinski definition) is 0. The van der Waals surface area contributed by atoms with Crippen molar-refractivity contribution in [2.45, 2.75) is 6.42 Å². The highest BCUT2D eigenvalue weighted by Crippen LogP contribution is 2.46. The summed E-state index contributed by atoms with van der Waals surface area (Å²) >= 11 is 12.1. The summed E-state index contributed by atoms with van der Waals surface area (Å²) < 4.78 is 16.1. The number of methoxy groups -OCH3 is 3. The van der Waals surface area contributed by atoms with Gasteiger partial charge in [-0.2, -0.15) is 0 Å². The van der Waals surface area contributed by atoms with Gasteiger partial charge < -0.3 is 14.2 Å². The van der Waals surface area contributed by atoms with Gasteiger partial charge in [0.2, 0.25) is 5.75 Å². The van der Waals surface area contributed by atoms with Crippen LogP contribution in [0.1, 0.15) is 21.5 Å². The van der Waals surface area contributed by atoms with E-state index in [1.165, 1.54) is 14.2 Å². The maximum absolute atomic E-state index is 12.9. The van der Waals surface area contributed by atoms with E-state index in [-0.39, 0.29) is 5.78 Å². The minimum atomic E-state index is -0.112. The van der Waals surface area contributed by atoms with Crippen molar-refractivity contribution in [3.05, 3.63) is 56.6 Å². The summed E-state index contributed by atoms with van der Waals surface area (Å²) in [6.07, 6.45) is 2.24. The molecule has 2 aromatic rings. The highest BCUT2D eigenvalue weighted by molar-refractivity contribution is 6.35. The highest BCUT2D eigenvalue weighted by Gasteiger charge is 2.32. The molecule has 25 heavy (non-hydrogen) atoms. The van der Waals surface area contributed by atoms with Crippen molar-refractivity contribution in [1.82, 2.24) is 0 Å². The lowest BCUT2D eigenvalue weighted by atomic mass is 10.1. The third-order valence-corrected chi connectivity index (χ3v) is 4.67. The molecule has 0 atom stereocenters. The first kappa shape index (κ1) is 17.6. The van der Waals surface area contributed by atoms with E-state index >= 15 is 0 Å². The quantitative estimate of drug-likeness (QED) is 0.713. The molecule has 130 valence electrons. The van der Waals surface area contributed by atoms with Crippen LogP contribution in [0.2, 0.25) is 10.0 Å². The van der Waals surface area contributed by atoms with Crippen LogP contribution in [-0.4, -0.2) is 27.1 Å². The maximum Gasteiger partial charge on any atom is 0.204 e. The average Bonchev–Trinajstić information content (AvgIpc) is 2.91. The molecule has 6 heteroatoms. The van der Waals surface area contributed by atoms with Gasteiger partial charge in [0.1, 0.15) is 0 Å². The largest absolute Gasteiger partial charge is 0.493 e. The lowest BCUT2D eigenvalue weighted by Gasteiger charge is -2.14. The fraction of sp³-hybridized carbons (Fsp3) is 0.211. The second-order valence-electron chi connectivity index (χ2n) is 5.52. The average molecular weight is 379 g/mol. The Hall–Kier alpha value is -2.17. The third kappa shape index (κ3) is 3.08. The molecule has 0 radical (unpaired) electrons. The Balaban J connectivity index is 2.11. The number of ether oxygens (including phenoxy) is 3. The number of hydrogen-bond acceptors (Lipinski definition) is 4. The van der Waals surface area contributed by atoms with Crippen molar-refractivity contribution in [3.8, 4) is 17.2 Å². The summed E-state index contributed by atoms with van der Waals surface area (Å²) in [5.41, 5.74) is 2.68. The molecule has 0 unspecified atom stereocenters. The van der Waals surface area contributed by atoms with E-state index in [1.54, 1.807) is 37.5 Å². The zero-order chi connectivity index (χ0) is 18.1. The van der Waals surface area contributed by atoms with Crippen molar-refractivity contribution in [3.63, 3.8) is 0 Å². The number of allylic oxidation sites excluding steroid dienone is 1. The van der Waals surface area contributed by atoms with Crippen LogP contribution in [0.25, 0.3) is 6.08 Å². The van der Waals surface area contributed by atoms with Gasteiger partial charge in [0, 0.05) is 22.0 Å². The van der Waals surface area contributed by atoms with Crippen molar-refractivity contribution >= 4 is 35.1 Å². The molecule has 2 aromatic carbocycles. The molecule has 0 saturated heterocycles. The van der Waals surface area contributed by atoms with Crippen LogP contribution in [0, 0.1) is 0 Å². The normalized spacial score (nSPS) is 14.6. The minimum Gasteiger partial charge on any atom is -0.493 e. The van der Waals surface area contributed by atoms with Crippen molar-refractivity contribution in [1.29, 1.82) is 0 Å². The van der Waals surface area contributed by atoms with Gasteiger partial charge in [-0.3, -0.25) is 4.79 Å². The third-order valence-electron chi connectivity index (χ3n) is 4.10. The molecule has 0 N–H and O–H groups in total. The first-order valence-electron chi connectivity index (χ1n) is 7.52. The second kappa shape index (κ2) is 6.98. The second-order valence-corrected chi connectivity index (χ2v) is 6.36. The molecule has 0 aromatic heterocycles. The van der Waals surface area contributed by atoms with Gasteiger partial charge in [0.15, 0.2) is 17.3 Å². The van der Waals surface area contributed by atoms with Gasteiger partial charge in [-0.05, 0) is 35.4 Å². The van der Waals surface area contributed by atoms with Gasteiger partial charge in [-0.25, -0.2) is 0 Å². The Bertz CT molecular complexity index is 887. The number of ketones is 1. The van der Waals surface area contributed by atoms with Gasteiger partial charge in [0.25, 0.3) is 0 Å². The van der Waals surface area contributed by atoms with Crippen LogP contribution in [0.15, 0.2) is 29.8 Å². The summed E-state index contributed by atoms with van der Waals surface area (Å²) in [5.74, 6) is 1.20. The molecule has 1 aliphatic carbocycles. The first-order chi connectivity index (χ1) is 12.0. The van der Waals surface area contributed by atoms with Crippen molar-refractivity contribution < 1.29 is 19.0 Å². The van der Waals surface area contributed by atoms with Crippen LogP contribution in [0.3, 0.4) is 0 Å². The van der Waals surface area contributed by atoms with E-state index in [2.05, 4.69) is 0 Å². The number of carbonyl (C=O) groups is 1. The number of carbonyl (C=O) groups excluding carboxylic acids is 1. The number of halogens is 2. The maximum atomic E-state index is 12.9. The smallest absolute Gasteiger partial charge is 0.204 e. The molecular formula is C19H16Cl2O4. The first-order valence-corrected chi connectivity index (χ1v) is 8.27. The monoisotopic (exact) mass is 378 g/mol. The van der Waals surface area contributed by atoms with Crippen LogP contribution in [0.4, 0.5) is 0 Å². The van der Waals surface area contributed by atoms with E-state index < -0.39 is 0 Å². The molecule has 0 bridgehead atoms. The molecule has 0 heterocycles. The number of rotatable bonds is 4. The van der Waals surface area contributed by atoms with Crippen LogP contribution in [0.5, 0.6) is 17.2 Å². The Morgan fingerprint density at radius 2 is 1.72 bits per heavy atom. The van der Waals surface area contributed by atoms with Crippen molar-refractivity contribution in [2.75, 3.05) is 21.3 Å². The highest BCUT2D eigenvalue weighted by atomic mass is 35.5. The summed E-state index contributed by atoms with van der Waals surface area (Å²) in [4.78, 5) is 12.9. The van der Waals surface area contributed by atoms with Crippen LogP contribution < -0.4 is 14.2 Å². The molecule has 3 rings (SSSR count). The van der Waals surface area contributed by atoms with Crippen LogP contribution in [-0.2, 0) is 6.42 Å². The van der Waals surface area contributed by atoms with Gasteiger partial charge in [-0.15, -0.1) is 0 Å². The zero-order valence-electron chi connectivity index (χ0n) is 14.0. The standard InChI is InChI=1S/C19H16Cl2O4/c1-23-15-8-11-7-12(6-10-4-5-13(20)9-14(10)21)17(22)16(11)19(25-3)18(15)24-2/h4-6,8-9H,7H2,1-3H3/b12-6+. The van der Waals surface area contributed by atoms with E-state index in [0.717, 1.165) is 11.1 Å². The molecule has 0 saturated carbocycles. The fourth-order valence-electron chi connectivity index (χ4n) is 2.96. The molecule has 0 fully saturated rings. The predicted octanol–water partition coefficient (Wildman–Crippen LogP) is 4.84. The van der Waals surface area contributed by atoms with E-state index in [4.69, 9.17) is 37.4 Å². The lowest BCUT2D eigenvalue weighted by Crippen LogP contribution is -2.03. The summed E-state index contributed by atoms with van der Waals surface area (Å²) in [6.45, 7) is 0. The summed E-state index contributed by atoms with van der Waals surface area (Å²) in [6, 6.07) is 6.97. The number of fused-ring (bicyclic) bond motifs is 1. The number of benzene rings is 2. The minimum absolute atomic E-state index is 0.112. The fourth-order valence-corrected chi connectivity index (χ4v) is 3.43.